The Morgan fingerprint density at radius 1 is 1.36 bits per heavy atom. The summed E-state index contributed by atoms with van der Waals surface area (Å²) < 4.78 is 0. The Balaban J connectivity index is 0. The van der Waals surface area contributed by atoms with Crippen LogP contribution < -0.4 is 0 Å². The summed E-state index contributed by atoms with van der Waals surface area (Å²) in [7, 11) is 0. The van der Waals surface area contributed by atoms with Gasteiger partial charge in [0.05, 0.1) is 0 Å². The number of carbonyl (C=O) groups excluding carboxylic acids is 1. The highest BCUT2D eigenvalue weighted by atomic mass is 16.5. The molecule has 0 heterocycles. The molecule has 0 aliphatic heterocycles. The van der Waals surface area contributed by atoms with Crippen LogP contribution in [0.25, 0.3) is 0 Å². The second-order valence-electron chi connectivity index (χ2n) is 2.32. The van der Waals surface area contributed by atoms with Crippen molar-refractivity contribution >= 4 is 5.78 Å². The second-order valence-corrected chi connectivity index (χ2v) is 2.32. The van der Waals surface area contributed by atoms with Gasteiger partial charge >= 0.3 is 0 Å². The Morgan fingerprint density at radius 2 is 1.73 bits per heavy atom. The maximum atomic E-state index is 9.81. The van der Waals surface area contributed by atoms with Crippen molar-refractivity contribution in [3.05, 3.63) is 0 Å². The van der Waals surface area contributed by atoms with Crippen LogP contribution in [0.4, 0.5) is 0 Å². The van der Waals surface area contributed by atoms with Crippen molar-refractivity contribution in [1.82, 2.24) is 0 Å². The number of hydrogen-bond acceptors (Lipinski definition) is 3. The fourth-order valence-corrected chi connectivity index (χ4v) is 0.258. The first-order valence-electron chi connectivity index (χ1n) is 3.90. The summed E-state index contributed by atoms with van der Waals surface area (Å²) in [6.45, 7) is 5.34. The highest BCUT2D eigenvalue weighted by molar-refractivity contribution is 5.74. The lowest BCUT2D eigenvalue weighted by Crippen LogP contribution is -2.01. The van der Waals surface area contributed by atoms with Crippen LogP contribution in [0.2, 0.25) is 0 Å². The van der Waals surface area contributed by atoms with Crippen LogP contribution in [0.3, 0.4) is 0 Å². The zero-order valence-corrected chi connectivity index (χ0v) is 7.50. The Bertz CT molecular complexity index is 89.3. The van der Waals surface area contributed by atoms with E-state index >= 15 is 0 Å². The van der Waals surface area contributed by atoms with E-state index in [1.54, 1.807) is 6.92 Å². The molecule has 0 amide bonds. The minimum Gasteiger partial charge on any atom is -0.368 e. The van der Waals surface area contributed by atoms with Gasteiger partial charge in [0.15, 0.2) is 6.29 Å². The van der Waals surface area contributed by atoms with E-state index in [1.807, 2.05) is 13.8 Å². The Hall–Kier alpha value is -0.410. The number of rotatable bonds is 3. The van der Waals surface area contributed by atoms with Crippen LogP contribution in [-0.2, 0) is 4.79 Å². The maximum absolute atomic E-state index is 9.81. The standard InChI is InChI=1S/C4H10O2.C4H8O/c1-2-3-4(5)6;1-3-4(2)5/h4-6H,2-3H2,1H3;3H2,1-2H3. The summed E-state index contributed by atoms with van der Waals surface area (Å²) >= 11 is 0. The first-order valence-corrected chi connectivity index (χ1v) is 3.90. The van der Waals surface area contributed by atoms with Crippen LogP contribution in [0, 0.1) is 0 Å². The molecular weight excluding hydrogens is 144 g/mol. The minimum atomic E-state index is -1.10. The Kier molecular flexibility index (Phi) is 11.5. The van der Waals surface area contributed by atoms with E-state index in [1.165, 1.54) is 0 Å². The van der Waals surface area contributed by atoms with E-state index in [9.17, 15) is 4.79 Å². The average Bonchev–Trinajstić information content (AvgIpc) is 1.89. The summed E-state index contributed by atoms with van der Waals surface area (Å²) in [5, 5.41) is 16.2. The number of hydrogen-bond donors (Lipinski definition) is 2. The molecule has 68 valence electrons. The fraction of sp³-hybridized carbons (Fsp3) is 0.875. The van der Waals surface area contributed by atoms with Crippen LogP contribution in [0.5, 0.6) is 0 Å². The molecule has 0 aliphatic carbocycles. The second kappa shape index (κ2) is 9.59. The van der Waals surface area contributed by atoms with Gasteiger partial charge in [-0.1, -0.05) is 20.3 Å². The van der Waals surface area contributed by atoms with E-state index in [2.05, 4.69) is 0 Å². The normalized spacial score (nSPS) is 8.91. The van der Waals surface area contributed by atoms with E-state index in [0.717, 1.165) is 6.42 Å². The van der Waals surface area contributed by atoms with Crippen LogP contribution in [0.15, 0.2) is 0 Å². The van der Waals surface area contributed by atoms with Gasteiger partial charge in [0.2, 0.25) is 0 Å². The van der Waals surface area contributed by atoms with E-state index in [4.69, 9.17) is 10.2 Å². The van der Waals surface area contributed by atoms with Gasteiger partial charge in [-0.2, -0.15) is 0 Å². The quantitative estimate of drug-likeness (QED) is 0.610. The van der Waals surface area contributed by atoms with Gasteiger partial charge in [-0.15, -0.1) is 0 Å². The molecule has 0 atom stereocenters. The van der Waals surface area contributed by atoms with Crippen molar-refractivity contribution < 1.29 is 15.0 Å². The minimum absolute atomic E-state index is 0.255. The molecule has 0 aromatic heterocycles. The molecule has 2 N–H and O–H groups in total. The molecule has 0 aromatic carbocycles. The van der Waals surface area contributed by atoms with Crippen molar-refractivity contribution in [2.45, 2.75) is 46.3 Å². The topological polar surface area (TPSA) is 57.5 Å². The first kappa shape index (κ1) is 13.2. The largest absolute Gasteiger partial charge is 0.368 e. The predicted molar refractivity (Wildman–Crippen MR) is 44.1 cm³/mol. The van der Waals surface area contributed by atoms with Crippen LogP contribution in [-0.4, -0.2) is 22.3 Å². The van der Waals surface area contributed by atoms with Gasteiger partial charge in [-0.05, 0) is 13.3 Å². The van der Waals surface area contributed by atoms with Gasteiger partial charge in [0, 0.05) is 6.42 Å². The van der Waals surface area contributed by atoms with Crippen LogP contribution in [0.1, 0.15) is 40.0 Å². The van der Waals surface area contributed by atoms with Crippen LogP contribution >= 0.6 is 0 Å². The van der Waals surface area contributed by atoms with E-state index < -0.39 is 6.29 Å². The molecule has 0 radical (unpaired) electrons. The van der Waals surface area contributed by atoms with Crippen molar-refractivity contribution in [2.75, 3.05) is 0 Å². The first-order chi connectivity index (χ1) is 5.04. The zero-order chi connectivity index (χ0) is 9.28. The molecule has 0 spiro atoms. The number of aliphatic hydroxyl groups excluding tert-OH is 1. The molecule has 3 heteroatoms. The molecule has 0 bridgehead atoms. The van der Waals surface area contributed by atoms with Crippen molar-refractivity contribution in [1.29, 1.82) is 0 Å². The van der Waals surface area contributed by atoms with Gasteiger partial charge in [-0.3, -0.25) is 0 Å². The molecule has 0 unspecified atom stereocenters. The van der Waals surface area contributed by atoms with Gasteiger partial charge in [0.1, 0.15) is 5.78 Å². The zero-order valence-electron chi connectivity index (χ0n) is 7.50. The number of aliphatic hydroxyl groups is 2. The van der Waals surface area contributed by atoms with E-state index in [-0.39, 0.29) is 5.78 Å². The number of ketones is 1. The molecule has 3 nitrogen and oxygen atoms in total. The molecule has 0 aromatic rings. The summed E-state index contributed by atoms with van der Waals surface area (Å²) in [5.41, 5.74) is 0. The lowest BCUT2D eigenvalue weighted by molar-refractivity contribution is -0.116. The number of carbonyl (C=O) groups is 1. The van der Waals surface area contributed by atoms with Crippen molar-refractivity contribution in [3.8, 4) is 0 Å². The molecule has 11 heavy (non-hydrogen) atoms. The Labute approximate surface area is 68.0 Å². The molecule has 0 saturated carbocycles. The predicted octanol–water partition coefficient (Wildman–Crippen LogP) is 1.08. The summed E-state index contributed by atoms with van der Waals surface area (Å²) in [6, 6.07) is 0. The average molecular weight is 162 g/mol. The lowest BCUT2D eigenvalue weighted by Gasteiger charge is -1.94. The molecule has 0 aliphatic rings. The lowest BCUT2D eigenvalue weighted by atomic mass is 10.3. The van der Waals surface area contributed by atoms with Gasteiger partial charge in [-0.25, -0.2) is 0 Å². The SMILES string of the molecule is CCC(C)=O.CCCC(O)O. The van der Waals surface area contributed by atoms with Crippen molar-refractivity contribution in [3.63, 3.8) is 0 Å². The third kappa shape index (κ3) is 26.2. The highest BCUT2D eigenvalue weighted by Crippen LogP contribution is 1.88. The monoisotopic (exact) mass is 162 g/mol. The smallest absolute Gasteiger partial charge is 0.151 e. The molecule has 0 rings (SSSR count). The third-order valence-electron chi connectivity index (χ3n) is 1.04. The summed E-state index contributed by atoms with van der Waals surface area (Å²) in [4.78, 5) is 9.81. The highest BCUT2D eigenvalue weighted by Gasteiger charge is 1.89. The summed E-state index contributed by atoms with van der Waals surface area (Å²) in [6.07, 6.45) is 0.882. The fourth-order valence-electron chi connectivity index (χ4n) is 0.258. The van der Waals surface area contributed by atoms with E-state index in [0.29, 0.717) is 12.8 Å². The molecule has 0 fully saturated rings. The van der Waals surface area contributed by atoms with Gasteiger partial charge < -0.3 is 15.0 Å². The molecule has 0 saturated heterocycles. The summed E-state index contributed by atoms with van der Waals surface area (Å²) in [5.74, 6) is 0.255. The maximum Gasteiger partial charge on any atom is 0.151 e. The van der Waals surface area contributed by atoms with Gasteiger partial charge in [0.25, 0.3) is 0 Å². The number of Topliss-reactive ketones (excluding diaryl/α,β-unsaturated/α-hetero) is 1. The Morgan fingerprint density at radius 3 is 1.73 bits per heavy atom. The molecular formula is C8H18O3. The van der Waals surface area contributed by atoms with Crippen molar-refractivity contribution in [2.24, 2.45) is 0 Å². The third-order valence-corrected chi connectivity index (χ3v) is 1.04.